The van der Waals surface area contributed by atoms with Gasteiger partial charge in [0.1, 0.15) is 11.5 Å². The van der Waals surface area contributed by atoms with Gasteiger partial charge in [-0.3, -0.25) is 4.90 Å². The zero-order chi connectivity index (χ0) is 24.6. The van der Waals surface area contributed by atoms with Crippen LogP contribution in [0.5, 0.6) is 11.5 Å². The number of rotatable bonds is 5. The average Bonchev–Trinajstić information content (AvgIpc) is 2.72. The number of halogens is 3. The largest absolute Gasteiger partial charge is 0.506 e. The van der Waals surface area contributed by atoms with Crippen molar-refractivity contribution in [3.05, 3.63) is 56.6 Å². The molecule has 1 aliphatic rings. The summed E-state index contributed by atoms with van der Waals surface area (Å²) in [4.78, 5) is 2.38. The molecular weight excluding hydrogens is 489 g/mol. The zero-order valence-corrected chi connectivity index (χ0v) is 23.7. The van der Waals surface area contributed by atoms with Gasteiger partial charge < -0.3 is 10.2 Å². The topological polar surface area (TPSA) is 43.7 Å². The van der Waals surface area contributed by atoms with E-state index in [0.29, 0.717) is 29.2 Å². The normalized spacial score (nSPS) is 15.4. The van der Waals surface area contributed by atoms with Crippen LogP contribution in [0.15, 0.2) is 24.3 Å². The molecule has 0 saturated heterocycles. The van der Waals surface area contributed by atoms with Gasteiger partial charge >= 0.3 is 0 Å². The average molecular weight is 529 g/mol. The van der Waals surface area contributed by atoms with Crippen molar-refractivity contribution in [3.8, 4) is 11.5 Å². The van der Waals surface area contributed by atoms with E-state index in [4.69, 9.17) is 23.2 Å². The Morgan fingerprint density at radius 1 is 0.735 bits per heavy atom. The van der Waals surface area contributed by atoms with Crippen molar-refractivity contribution >= 4 is 35.6 Å². The van der Waals surface area contributed by atoms with Crippen molar-refractivity contribution in [2.75, 3.05) is 0 Å². The first kappa shape index (κ1) is 29.1. The molecule has 1 fully saturated rings. The molecule has 0 heterocycles. The lowest BCUT2D eigenvalue weighted by molar-refractivity contribution is 0.137. The van der Waals surface area contributed by atoms with E-state index in [-0.39, 0.29) is 34.7 Å². The Hall–Kier alpha value is -1.13. The third-order valence-corrected chi connectivity index (χ3v) is 7.43. The predicted octanol–water partition coefficient (Wildman–Crippen LogP) is 8.76. The SMILES string of the molecule is CC(C)(C)c1cc(Cl)c(O)c(CN(Cc2cc(C(C)(C)C)cc(Cl)c2O)C2CCCCC2)c1.Cl. The lowest BCUT2D eigenvalue weighted by atomic mass is 9.85. The Kier molecular flexibility index (Phi) is 9.66. The lowest BCUT2D eigenvalue weighted by Crippen LogP contribution is -2.36. The fourth-order valence-electron chi connectivity index (χ4n) is 4.62. The summed E-state index contributed by atoms with van der Waals surface area (Å²) in [5.41, 5.74) is 3.71. The molecular formula is C28H40Cl3NO2. The van der Waals surface area contributed by atoms with Gasteiger partial charge in [-0.1, -0.05) is 96.1 Å². The standard InChI is InChI=1S/C28H39Cl2NO2.ClH/c1-27(2,3)20-12-18(25(32)23(29)14-20)16-31(22-10-8-7-9-11-22)17-19-13-21(28(4,5)6)15-24(30)26(19)33;/h12-15,22,32-33H,7-11,16-17H2,1-6H3;1H. The molecule has 3 nitrogen and oxygen atoms in total. The number of hydrogen-bond acceptors (Lipinski definition) is 3. The lowest BCUT2D eigenvalue weighted by Gasteiger charge is -2.35. The van der Waals surface area contributed by atoms with Crippen LogP contribution in [0.2, 0.25) is 10.0 Å². The zero-order valence-electron chi connectivity index (χ0n) is 21.3. The molecule has 34 heavy (non-hydrogen) atoms. The van der Waals surface area contributed by atoms with Crippen LogP contribution in [-0.2, 0) is 23.9 Å². The van der Waals surface area contributed by atoms with Gasteiger partial charge in [0.25, 0.3) is 0 Å². The van der Waals surface area contributed by atoms with Crippen LogP contribution in [0.3, 0.4) is 0 Å². The highest BCUT2D eigenvalue weighted by molar-refractivity contribution is 6.32. The van der Waals surface area contributed by atoms with Crippen LogP contribution in [0, 0.1) is 0 Å². The number of hydrogen-bond donors (Lipinski definition) is 2. The Labute approximate surface area is 221 Å². The molecule has 0 atom stereocenters. The summed E-state index contributed by atoms with van der Waals surface area (Å²) in [6, 6.07) is 8.27. The molecule has 0 bridgehead atoms. The van der Waals surface area contributed by atoms with E-state index >= 15 is 0 Å². The highest BCUT2D eigenvalue weighted by Crippen LogP contribution is 2.38. The molecule has 0 spiro atoms. The van der Waals surface area contributed by atoms with Gasteiger partial charge in [-0.25, -0.2) is 0 Å². The third kappa shape index (κ3) is 6.97. The monoisotopic (exact) mass is 527 g/mol. The fourth-order valence-corrected chi connectivity index (χ4v) is 5.09. The van der Waals surface area contributed by atoms with Gasteiger partial charge in [0.2, 0.25) is 0 Å². The quantitative estimate of drug-likeness (QED) is 0.407. The number of phenolic OH excluding ortho intramolecular Hbond substituents is 2. The minimum Gasteiger partial charge on any atom is -0.506 e. The molecule has 0 amide bonds. The minimum absolute atomic E-state index is 0. The summed E-state index contributed by atoms with van der Waals surface area (Å²) in [5.74, 6) is 0.298. The first-order valence-corrected chi connectivity index (χ1v) is 12.8. The Balaban J connectivity index is 0.00000408. The van der Waals surface area contributed by atoms with Gasteiger partial charge in [0.15, 0.2) is 0 Å². The van der Waals surface area contributed by atoms with Crippen molar-refractivity contribution < 1.29 is 10.2 Å². The minimum atomic E-state index is -0.0748. The summed E-state index contributed by atoms with van der Waals surface area (Å²) in [6.07, 6.45) is 5.88. The van der Waals surface area contributed by atoms with Crippen molar-refractivity contribution in [1.29, 1.82) is 0 Å². The van der Waals surface area contributed by atoms with Gasteiger partial charge in [0.05, 0.1) is 10.0 Å². The second-order valence-corrected chi connectivity index (χ2v) is 12.4. The predicted molar refractivity (Wildman–Crippen MR) is 147 cm³/mol. The van der Waals surface area contributed by atoms with Crippen LogP contribution in [0.25, 0.3) is 0 Å². The van der Waals surface area contributed by atoms with E-state index in [1.165, 1.54) is 19.3 Å². The van der Waals surface area contributed by atoms with Crippen molar-refractivity contribution in [2.24, 2.45) is 0 Å². The second-order valence-electron chi connectivity index (χ2n) is 11.6. The van der Waals surface area contributed by atoms with Gasteiger partial charge in [-0.15, -0.1) is 12.4 Å². The molecule has 0 radical (unpaired) electrons. The van der Waals surface area contributed by atoms with Gasteiger partial charge in [-0.05, 0) is 46.9 Å². The number of nitrogens with zero attached hydrogens (tertiary/aromatic N) is 1. The molecule has 190 valence electrons. The van der Waals surface area contributed by atoms with E-state index in [1.54, 1.807) is 0 Å². The summed E-state index contributed by atoms with van der Waals surface area (Å²) >= 11 is 12.9. The summed E-state index contributed by atoms with van der Waals surface area (Å²) in [7, 11) is 0. The van der Waals surface area contributed by atoms with Crippen LogP contribution in [0.4, 0.5) is 0 Å². The van der Waals surface area contributed by atoms with Crippen LogP contribution in [0.1, 0.15) is 95.9 Å². The maximum atomic E-state index is 10.8. The molecule has 2 aromatic carbocycles. The summed E-state index contributed by atoms with van der Waals surface area (Å²) in [5, 5.41) is 22.4. The fraction of sp³-hybridized carbons (Fsp3) is 0.571. The highest BCUT2D eigenvalue weighted by Gasteiger charge is 2.27. The van der Waals surface area contributed by atoms with Gasteiger partial charge in [-0.2, -0.15) is 0 Å². The molecule has 1 saturated carbocycles. The maximum absolute atomic E-state index is 10.8. The number of aromatic hydroxyl groups is 2. The molecule has 1 aliphatic carbocycles. The van der Waals surface area contributed by atoms with Crippen molar-refractivity contribution in [1.82, 2.24) is 4.90 Å². The van der Waals surface area contributed by atoms with E-state index in [9.17, 15) is 10.2 Å². The Bertz CT molecular complexity index is 915. The Morgan fingerprint density at radius 2 is 1.12 bits per heavy atom. The first-order valence-electron chi connectivity index (χ1n) is 12.0. The Morgan fingerprint density at radius 3 is 1.47 bits per heavy atom. The van der Waals surface area contributed by atoms with Crippen LogP contribution < -0.4 is 0 Å². The molecule has 0 unspecified atom stereocenters. The summed E-state index contributed by atoms with van der Waals surface area (Å²) < 4.78 is 0. The molecule has 0 aromatic heterocycles. The first-order chi connectivity index (χ1) is 15.3. The van der Waals surface area contributed by atoms with Crippen LogP contribution >= 0.6 is 35.6 Å². The number of benzene rings is 2. The molecule has 6 heteroatoms. The smallest absolute Gasteiger partial charge is 0.138 e. The third-order valence-electron chi connectivity index (χ3n) is 6.85. The van der Waals surface area contributed by atoms with Crippen molar-refractivity contribution in [2.45, 2.75) is 104 Å². The molecule has 3 rings (SSSR count). The molecule has 0 aliphatic heterocycles. The summed E-state index contributed by atoms with van der Waals surface area (Å²) in [6.45, 7) is 14.0. The van der Waals surface area contributed by atoms with E-state index in [0.717, 1.165) is 35.1 Å². The van der Waals surface area contributed by atoms with E-state index in [2.05, 4.69) is 58.6 Å². The highest BCUT2D eigenvalue weighted by atomic mass is 35.5. The van der Waals surface area contributed by atoms with Gasteiger partial charge in [0, 0.05) is 30.3 Å². The number of phenols is 2. The second kappa shape index (κ2) is 11.3. The molecule has 2 aromatic rings. The maximum Gasteiger partial charge on any atom is 0.138 e. The van der Waals surface area contributed by atoms with Crippen LogP contribution in [-0.4, -0.2) is 21.2 Å². The van der Waals surface area contributed by atoms with E-state index < -0.39 is 0 Å². The van der Waals surface area contributed by atoms with E-state index in [1.807, 2.05) is 12.1 Å². The molecule has 2 N–H and O–H groups in total. The van der Waals surface area contributed by atoms with Crippen molar-refractivity contribution in [3.63, 3.8) is 0 Å².